The summed E-state index contributed by atoms with van der Waals surface area (Å²) in [5.41, 5.74) is 1.79. The summed E-state index contributed by atoms with van der Waals surface area (Å²) in [6.45, 7) is 1.89. The van der Waals surface area contributed by atoms with Gasteiger partial charge in [-0.05, 0) is 42.1 Å². The number of carbonyl (C=O) groups is 1. The Morgan fingerprint density at radius 1 is 1.15 bits per heavy atom. The lowest BCUT2D eigenvalue weighted by atomic mass is 10.1. The molecule has 7 heteroatoms. The van der Waals surface area contributed by atoms with E-state index in [1.165, 1.54) is 6.33 Å². The van der Waals surface area contributed by atoms with Crippen molar-refractivity contribution < 1.29 is 4.79 Å². The van der Waals surface area contributed by atoms with Gasteiger partial charge < -0.3 is 10.3 Å². The number of benzene rings is 2. The molecule has 2 N–H and O–H groups in total. The lowest BCUT2D eigenvalue weighted by molar-refractivity contribution is 0.0935. The van der Waals surface area contributed by atoms with E-state index in [4.69, 9.17) is 0 Å². The van der Waals surface area contributed by atoms with Crippen LogP contribution in [0.5, 0.6) is 0 Å². The van der Waals surface area contributed by atoms with Crippen LogP contribution in [0.4, 0.5) is 0 Å². The Balaban J connectivity index is 1.53. The molecule has 2 heterocycles. The van der Waals surface area contributed by atoms with Gasteiger partial charge in [-0.1, -0.05) is 30.3 Å². The summed E-state index contributed by atoms with van der Waals surface area (Å²) in [4.78, 5) is 31.3. The van der Waals surface area contributed by atoms with Crippen molar-refractivity contribution in [3.05, 3.63) is 88.9 Å². The Labute approximate surface area is 154 Å². The highest BCUT2D eigenvalue weighted by Gasteiger charge is 2.14. The van der Waals surface area contributed by atoms with Crippen molar-refractivity contribution in [1.82, 2.24) is 25.1 Å². The Bertz CT molecular complexity index is 1150. The lowest BCUT2D eigenvalue weighted by Gasteiger charge is -2.15. The summed E-state index contributed by atoms with van der Waals surface area (Å²) >= 11 is 0. The smallest absolute Gasteiger partial charge is 0.268 e. The van der Waals surface area contributed by atoms with Gasteiger partial charge in [0.2, 0.25) is 0 Å². The summed E-state index contributed by atoms with van der Waals surface area (Å²) in [6, 6.07) is 16.3. The first kappa shape index (κ1) is 16.7. The summed E-state index contributed by atoms with van der Waals surface area (Å²) in [5.74, 6) is -0.328. The molecular weight excluding hydrogens is 342 g/mol. The molecule has 0 aliphatic rings. The number of nitrogens with one attached hydrogen (secondary N) is 2. The van der Waals surface area contributed by atoms with Crippen molar-refractivity contribution in [2.75, 3.05) is 0 Å². The number of aromatic nitrogens is 4. The van der Waals surface area contributed by atoms with E-state index < -0.39 is 0 Å². The first-order chi connectivity index (χ1) is 13.1. The topological polar surface area (TPSA) is 92.7 Å². The minimum atomic E-state index is -0.328. The van der Waals surface area contributed by atoms with E-state index in [-0.39, 0.29) is 23.2 Å². The molecule has 0 aliphatic heterocycles. The van der Waals surface area contributed by atoms with Crippen LogP contribution in [0, 0.1) is 0 Å². The monoisotopic (exact) mass is 359 g/mol. The van der Waals surface area contributed by atoms with Gasteiger partial charge in [-0.3, -0.25) is 9.59 Å². The Morgan fingerprint density at radius 2 is 1.93 bits per heavy atom. The molecule has 0 fully saturated rings. The number of hydrogen-bond donors (Lipinski definition) is 2. The van der Waals surface area contributed by atoms with Gasteiger partial charge in [0, 0.05) is 5.39 Å². The molecule has 2 aromatic carbocycles. The zero-order valence-electron chi connectivity index (χ0n) is 14.6. The fourth-order valence-corrected chi connectivity index (χ4v) is 2.95. The SMILES string of the molecule is CC(NC(=O)c1cc2ccccc2c(=O)[nH]1)c1ccc(-n2cncn2)cc1. The van der Waals surface area contributed by atoms with E-state index in [0.717, 1.165) is 16.6 Å². The number of aromatic amines is 1. The van der Waals surface area contributed by atoms with E-state index in [0.29, 0.717) is 5.39 Å². The van der Waals surface area contributed by atoms with Crippen LogP contribution in [0.15, 0.2) is 72.0 Å². The number of fused-ring (bicyclic) bond motifs is 1. The highest BCUT2D eigenvalue weighted by Crippen LogP contribution is 2.16. The van der Waals surface area contributed by atoms with Crippen molar-refractivity contribution >= 4 is 16.7 Å². The zero-order valence-corrected chi connectivity index (χ0v) is 14.6. The summed E-state index contributed by atoms with van der Waals surface area (Å²) in [6.07, 6.45) is 3.09. The minimum absolute atomic E-state index is 0.225. The van der Waals surface area contributed by atoms with Crippen LogP contribution in [0.3, 0.4) is 0 Å². The van der Waals surface area contributed by atoms with Gasteiger partial charge in [0.25, 0.3) is 11.5 Å². The number of pyridine rings is 1. The van der Waals surface area contributed by atoms with E-state index in [2.05, 4.69) is 20.4 Å². The molecule has 7 nitrogen and oxygen atoms in total. The molecule has 4 aromatic rings. The molecule has 2 aromatic heterocycles. The summed E-state index contributed by atoms with van der Waals surface area (Å²) < 4.78 is 1.66. The maximum atomic E-state index is 12.6. The van der Waals surface area contributed by atoms with Gasteiger partial charge >= 0.3 is 0 Å². The summed E-state index contributed by atoms with van der Waals surface area (Å²) in [7, 11) is 0. The molecule has 0 spiro atoms. The van der Waals surface area contributed by atoms with Crippen LogP contribution in [0.2, 0.25) is 0 Å². The van der Waals surface area contributed by atoms with Crippen molar-refractivity contribution in [3.63, 3.8) is 0 Å². The van der Waals surface area contributed by atoms with Crippen LogP contribution in [0.25, 0.3) is 16.5 Å². The van der Waals surface area contributed by atoms with E-state index in [1.807, 2.05) is 43.3 Å². The molecule has 1 atom stereocenters. The third-order valence-corrected chi connectivity index (χ3v) is 4.42. The molecule has 0 radical (unpaired) electrons. The zero-order chi connectivity index (χ0) is 18.8. The molecule has 0 saturated carbocycles. The second-order valence-electron chi connectivity index (χ2n) is 6.23. The van der Waals surface area contributed by atoms with Crippen molar-refractivity contribution in [1.29, 1.82) is 0 Å². The van der Waals surface area contributed by atoms with Crippen molar-refractivity contribution in [3.8, 4) is 5.69 Å². The average molecular weight is 359 g/mol. The van der Waals surface area contributed by atoms with Crippen LogP contribution in [-0.4, -0.2) is 25.7 Å². The molecule has 1 unspecified atom stereocenters. The number of nitrogens with zero attached hydrogens (tertiary/aromatic N) is 3. The molecule has 27 heavy (non-hydrogen) atoms. The lowest BCUT2D eigenvalue weighted by Crippen LogP contribution is -2.29. The molecule has 4 rings (SSSR count). The summed E-state index contributed by atoms with van der Waals surface area (Å²) in [5, 5.41) is 8.29. The molecule has 0 aliphatic carbocycles. The van der Waals surface area contributed by atoms with Crippen LogP contribution >= 0.6 is 0 Å². The van der Waals surface area contributed by atoms with Crippen LogP contribution < -0.4 is 10.9 Å². The third kappa shape index (κ3) is 3.35. The number of H-pyrrole nitrogens is 1. The Morgan fingerprint density at radius 3 is 2.67 bits per heavy atom. The molecule has 0 bridgehead atoms. The van der Waals surface area contributed by atoms with Gasteiger partial charge in [-0.25, -0.2) is 9.67 Å². The van der Waals surface area contributed by atoms with Gasteiger partial charge in [-0.15, -0.1) is 0 Å². The predicted octanol–water partition coefficient (Wildman–Crippen LogP) is 2.60. The van der Waals surface area contributed by atoms with Gasteiger partial charge in [0.1, 0.15) is 18.3 Å². The molecular formula is C20H17N5O2. The third-order valence-electron chi connectivity index (χ3n) is 4.42. The normalized spacial score (nSPS) is 12.0. The van der Waals surface area contributed by atoms with Crippen molar-refractivity contribution in [2.24, 2.45) is 0 Å². The predicted molar refractivity (Wildman–Crippen MR) is 102 cm³/mol. The van der Waals surface area contributed by atoms with Gasteiger partial charge in [0.15, 0.2) is 0 Å². The number of amides is 1. The minimum Gasteiger partial charge on any atom is -0.344 e. The fourth-order valence-electron chi connectivity index (χ4n) is 2.95. The van der Waals surface area contributed by atoms with Gasteiger partial charge in [0.05, 0.1) is 11.7 Å². The van der Waals surface area contributed by atoms with Crippen LogP contribution in [0.1, 0.15) is 29.0 Å². The second kappa shape index (κ2) is 6.87. The second-order valence-corrected chi connectivity index (χ2v) is 6.23. The highest BCUT2D eigenvalue weighted by molar-refractivity contribution is 5.96. The van der Waals surface area contributed by atoms with Crippen LogP contribution in [-0.2, 0) is 0 Å². The average Bonchev–Trinajstić information content (AvgIpc) is 3.23. The number of rotatable bonds is 4. The largest absolute Gasteiger partial charge is 0.344 e. The number of hydrogen-bond acceptors (Lipinski definition) is 4. The van der Waals surface area contributed by atoms with E-state index >= 15 is 0 Å². The maximum Gasteiger partial charge on any atom is 0.268 e. The van der Waals surface area contributed by atoms with E-state index in [1.54, 1.807) is 29.2 Å². The quantitative estimate of drug-likeness (QED) is 0.586. The maximum absolute atomic E-state index is 12.6. The Hall–Kier alpha value is -3.74. The Kier molecular flexibility index (Phi) is 4.25. The molecule has 0 saturated heterocycles. The first-order valence-electron chi connectivity index (χ1n) is 8.50. The van der Waals surface area contributed by atoms with Crippen molar-refractivity contribution in [2.45, 2.75) is 13.0 Å². The fraction of sp³-hybridized carbons (Fsp3) is 0.100. The standard InChI is InChI=1S/C20H17N5O2/c1-13(14-6-8-16(9-7-14)25-12-21-11-22-25)23-20(27)18-10-15-4-2-3-5-17(15)19(26)24-18/h2-13H,1H3,(H,23,27)(H,24,26). The van der Waals surface area contributed by atoms with E-state index in [9.17, 15) is 9.59 Å². The van der Waals surface area contributed by atoms with Gasteiger partial charge in [-0.2, -0.15) is 5.10 Å². The number of carbonyl (C=O) groups excluding carboxylic acids is 1. The molecule has 134 valence electrons. The molecule has 1 amide bonds. The highest BCUT2D eigenvalue weighted by atomic mass is 16.2. The first-order valence-corrected chi connectivity index (χ1v) is 8.50.